The number of thiazole rings is 1. The maximum atomic E-state index is 12.3. The van der Waals surface area contributed by atoms with Gasteiger partial charge in [-0.3, -0.25) is 4.79 Å². The van der Waals surface area contributed by atoms with Crippen LogP contribution >= 0.6 is 47.5 Å². The van der Waals surface area contributed by atoms with E-state index < -0.39 is 0 Å². The van der Waals surface area contributed by atoms with Gasteiger partial charge >= 0.3 is 0 Å². The second-order valence-corrected chi connectivity index (χ2v) is 7.26. The Balaban J connectivity index is 0.00000132. The topological polar surface area (TPSA) is 54.0 Å². The maximum Gasteiger partial charge on any atom is 0.263 e. The zero-order chi connectivity index (χ0) is 14.7. The van der Waals surface area contributed by atoms with Crippen molar-refractivity contribution in [2.24, 2.45) is 5.92 Å². The zero-order valence-corrected chi connectivity index (χ0v) is 16.1. The molecule has 2 aromatic rings. The van der Waals surface area contributed by atoms with Gasteiger partial charge in [0, 0.05) is 6.54 Å². The number of aryl methyl sites for hydroxylation is 1. The average molecular weight is 394 g/mol. The van der Waals surface area contributed by atoms with E-state index in [4.69, 9.17) is 0 Å². The molecule has 0 spiro atoms. The average Bonchev–Trinajstić information content (AvgIpc) is 3.19. The van der Waals surface area contributed by atoms with Crippen LogP contribution in [-0.4, -0.2) is 30.5 Å². The van der Waals surface area contributed by atoms with E-state index in [2.05, 4.69) is 15.6 Å². The van der Waals surface area contributed by atoms with Crippen LogP contribution < -0.4 is 10.6 Å². The molecule has 1 aliphatic rings. The molecule has 0 aromatic carbocycles. The van der Waals surface area contributed by atoms with E-state index in [-0.39, 0.29) is 30.7 Å². The second kappa shape index (κ2) is 9.59. The predicted molar refractivity (Wildman–Crippen MR) is 103 cm³/mol. The Morgan fingerprint density at radius 3 is 2.96 bits per heavy atom. The van der Waals surface area contributed by atoms with Crippen LogP contribution in [0.1, 0.15) is 28.2 Å². The minimum absolute atomic E-state index is 0. The summed E-state index contributed by atoms with van der Waals surface area (Å²) in [6, 6.07) is 4.05. The van der Waals surface area contributed by atoms with E-state index in [0.717, 1.165) is 46.5 Å². The Hall–Kier alpha value is -0.660. The lowest BCUT2D eigenvalue weighted by atomic mass is 10.1. The van der Waals surface area contributed by atoms with Gasteiger partial charge in [0.15, 0.2) is 0 Å². The molecule has 1 fully saturated rings. The van der Waals surface area contributed by atoms with Crippen molar-refractivity contribution in [3.05, 3.63) is 28.1 Å². The van der Waals surface area contributed by atoms with E-state index in [9.17, 15) is 4.79 Å². The van der Waals surface area contributed by atoms with Gasteiger partial charge in [-0.25, -0.2) is 4.98 Å². The minimum atomic E-state index is 0. The number of hydrogen-bond donors (Lipinski definition) is 2. The molecule has 1 saturated heterocycles. The summed E-state index contributed by atoms with van der Waals surface area (Å²) >= 11 is 3.14. The van der Waals surface area contributed by atoms with Crippen LogP contribution in [-0.2, 0) is 0 Å². The van der Waals surface area contributed by atoms with Crippen molar-refractivity contribution in [2.45, 2.75) is 19.8 Å². The van der Waals surface area contributed by atoms with Gasteiger partial charge in [-0.1, -0.05) is 6.07 Å². The Morgan fingerprint density at radius 1 is 1.48 bits per heavy atom. The summed E-state index contributed by atoms with van der Waals surface area (Å²) in [6.07, 6.45) is 2.27. The van der Waals surface area contributed by atoms with E-state index >= 15 is 0 Å². The summed E-state index contributed by atoms with van der Waals surface area (Å²) in [5.74, 6) is 0.716. The Morgan fingerprint density at radius 2 is 2.30 bits per heavy atom. The van der Waals surface area contributed by atoms with Crippen LogP contribution in [0.15, 0.2) is 17.5 Å². The third-order valence-electron chi connectivity index (χ3n) is 3.74. The number of hydrogen-bond acceptors (Lipinski definition) is 5. The van der Waals surface area contributed by atoms with E-state index in [1.54, 1.807) is 11.3 Å². The lowest BCUT2D eigenvalue weighted by molar-refractivity contribution is 0.0955. The summed E-state index contributed by atoms with van der Waals surface area (Å²) in [5, 5.41) is 9.35. The maximum absolute atomic E-state index is 12.3. The molecular weight excluding hydrogens is 373 g/mol. The first-order valence-electron chi connectivity index (χ1n) is 7.24. The van der Waals surface area contributed by atoms with Crippen molar-refractivity contribution in [1.82, 2.24) is 15.6 Å². The molecule has 2 N–H and O–H groups in total. The number of halogens is 2. The number of thiophene rings is 1. The number of nitrogens with zero attached hydrogens (tertiary/aromatic N) is 1. The van der Waals surface area contributed by atoms with Crippen LogP contribution in [0.3, 0.4) is 0 Å². The summed E-state index contributed by atoms with van der Waals surface area (Å²) < 4.78 is 0. The standard InChI is InChI=1S/C15H19N3OS2.2ClH/c1-10-13(21-15(18-10)12-3-2-8-20-12)14(19)17-7-5-11-4-6-16-9-11;;/h2-3,8,11,16H,4-7,9H2,1H3,(H,17,19);2*1H. The molecule has 8 heteroatoms. The third-order valence-corrected chi connectivity index (χ3v) is 5.93. The quantitative estimate of drug-likeness (QED) is 0.812. The Bertz CT molecular complexity index is 610. The summed E-state index contributed by atoms with van der Waals surface area (Å²) in [5.41, 5.74) is 0.823. The SMILES string of the molecule is Cc1nc(-c2cccs2)sc1C(=O)NCCC1CCNC1.Cl.Cl. The largest absolute Gasteiger partial charge is 0.351 e. The summed E-state index contributed by atoms with van der Waals surface area (Å²) in [4.78, 5) is 18.7. The van der Waals surface area contributed by atoms with Gasteiger partial charge in [0.1, 0.15) is 9.88 Å². The summed E-state index contributed by atoms with van der Waals surface area (Å²) in [7, 11) is 0. The van der Waals surface area contributed by atoms with Crippen LogP contribution in [0.2, 0.25) is 0 Å². The minimum Gasteiger partial charge on any atom is -0.351 e. The molecule has 0 bridgehead atoms. The zero-order valence-electron chi connectivity index (χ0n) is 12.8. The van der Waals surface area contributed by atoms with Gasteiger partial charge in [0.2, 0.25) is 0 Å². The molecular formula is C15H21Cl2N3OS2. The van der Waals surface area contributed by atoms with Crippen LogP contribution in [0, 0.1) is 12.8 Å². The van der Waals surface area contributed by atoms with Gasteiger partial charge in [0.05, 0.1) is 10.6 Å². The predicted octanol–water partition coefficient (Wildman–Crippen LogP) is 3.75. The third kappa shape index (κ3) is 5.16. The number of carbonyl (C=O) groups is 1. The molecule has 128 valence electrons. The molecule has 1 aliphatic heterocycles. The highest BCUT2D eigenvalue weighted by molar-refractivity contribution is 7.22. The monoisotopic (exact) mass is 393 g/mol. The number of nitrogens with one attached hydrogen (secondary N) is 2. The van der Waals surface area contributed by atoms with E-state index in [1.165, 1.54) is 17.8 Å². The lowest BCUT2D eigenvalue weighted by Crippen LogP contribution is -2.26. The molecule has 0 saturated carbocycles. The first kappa shape index (κ1) is 20.4. The lowest BCUT2D eigenvalue weighted by Gasteiger charge is -2.08. The highest BCUT2D eigenvalue weighted by Gasteiger charge is 2.18. The Kier molecular flexibility index (Phi) is 8.50. The fraction of sp³-hybridized carbons (Fsp3) is 0.467. The van der Waals surface area contributed by atoms with Gasteiger partial charge in [-0.05, 0) is 50.2 Å². The van der Waals surface area contributed by atoms with E-state index in [0.29, 0.717) is 5.92 Å². The second-order valence-electron chi connectivity index (χ2n) is 5.31. The van der Waals surface area contributed by atoms with Gasteiger partial charge in [-0.15, -0.1) is 47.5 Å². The van der Waals surface area contributed by atoms with Crippen molar-refractivity contribution >= 4 is 53.4 Å². The molecule has 23 heavy (non-hydrogen) atoms. The van der Waals surface area contributed by atoms with Gasteiger partial charge in [-0.2, -0.15) is 0 Å². The molecule has 1 amide bonds. The van der Waals surface area contributed by atoms with Gasteiger partial charge < -0.3 is 10.6 Å². The number of rotatable bonds is 5. The molecule has 1 unspecified atom stereocenters. The van der Waals surface area contributed by atoms with Crippen molar-refractivity contribution in [2.75, 3.05) is 19.6 Å². The number of aromatic nitrogens is 1. The fourth-order valence-electron chi connectivity index (χ4n) is 2.54. The van der Waals surface area contributed by atoms with E-state index in [1.807, 2.05) is 24.4 Å². The van der Waals surface area contributed by atoms with Crippen LogP contribution in [0.4, 0.5) is 0 Å². The molecule has 2 aromatic heterocycles. The number of amides is 1. The van der Waals surface area contributed by atoms with Crippen LogP contribution in [0.5, 0.6) is 0 Å². The van der Waals surface area contributed by atoms with Crippen molar-refractivity contribution < 1.29 is 4.79 Å². The smallest absolute Gasteiger partial charge is 0.263 e. The first-order valence-corrected chi connectivity index (χ1v) is 8.94. The highest BCUT2D eigenvalue weighted by Crippen LogP contribution is 2.30. The molecule has 3 heterocycles. The molecule has 1 atom stereocenters. The molecule has 0 radical (unpaired) electrons. The van der Waals surface area contributed by atoms with Crippen molar-refractivity contribution in [3.8, 4) is 9.88 Å². The van der Waals surface area contributed by atoms with Crippen molar-refractivity contribution in [1.29, 1.82) is 0 Å². The molecule has 4 nitrogen and oxygen atoms in total. The highest BCUT2D eigenvalue weighted by atomic mass is 35.5. The van der Waals surface area contributed by atoms with Gasteiger partial charge in [0.25, 0.3) is 5.91 Å². The molecule has 0 aliphatic carbocycles. The normalized spacial score (nSPS) is 16.5. The van der Waals surface area contributed by atoms with Crippen LogP contribution in [0.25, 0.3) is 9.88 Å². The van der Waals surface area contributed by atoms with Crippen molar-refractivity contribution in [3.63, 3.8) is 0 Å². The molecule has 3 rings (SSSR count). The summed E-state index contributed by atoms with van der Waals surface area (Å²) in [6.45, 7) is 4.84. The Labute approximate surface area is 156 Å². The number of carbonyl (C=O) groups excluding carboxylic acids is 1. The fourth-order valence-corrected chi connectivity index (χ4v) is 4.32. The first-order chi connectivity index (χ1) is 10.2.